The summed E-state index contributed by atoms with van der Waals surface area (Å²) in [6.07, 6.45) is -4.98. The topological polar surface area (TPSA) is 18.5 Å². The first-order valence-electron chi connectivity index (χ1n) is 4.36. The van der Waals surface area contributed by atoms with Gasteiger partial charge in [-0.25, -0.2) is 0 Å². The molecule has 0 saturated heterocycles. The van der Waals surface area contributed by atoms with Crippen molar-refractivity contribution in [1.82, 2.24) is 0 Å². The van der Waals surface area contributed by atoms with E-state index in [0.29, 0.717) is 0 Å². The van der Waals surface area contributed by atoms with Gasteiger partial charge in [0.05, 0.1) is 6.51 Å². The predicted octanol–water partition coefficient (Wildman–Crippen LogP) is 0.355. The van der Waals surface area contributed by atoms with Crippen molar-refractivity contribution in [2.45, 2.75) is 6.36 Å². The maximum Gasteiger partial charge on any atom is 1.00 e. The Morgan fingerprint density at radius 2 is 1.50 bits per heavy atom. The van der Waals surface area contributed by atoms with Crippen LogP contribution in [0.25, 0.3) is 0 Å². The zero-order valence-corrected chi connectivity index (χ0v) is 12.3. The SMILES string of the molecule is F[B-](F)(F)COc1ccccc1OC(F)(F)F.[K+]. The summed E-state index contributed by atoms with van der Waals surface area (Å²) in [5, 5.41) is 0. The van der Waals surface area contributed by atoms with E-state index in [1.165, 1.54) is 12.1 Å². The van der Waals surface area contributed by atoms with Crippen molar-refractivity contribution in [3.05, 3.63) is 24.3 Å². The van der Waals surface area contributed by atoms with E-state index in [1.54, 1.807) is 0 Å². The fourth-order valence-electron chi connectivity index (χ4n) is 0.963. The predicted molar refractivity (Wildman–Crippen MR) is 47.7 cm³/mol. The largest absolute Gasteiger partial charge is 1.00 e. The van der Waals surface area contributed by atoms with Crippen LogP contribution >= 0.6 is 0 Å². The van der Waals surface area contributed by atoms with E-state index >= 15 is 0 Å². The van der Waals surface area contributed by atoms with Crippen LogP contribution in [0, 0.1) is 0 Å². The normalized spacial score (nSPS) is 11.7. The summed E-state index contributed by atoms with van der Waals surface area (Å²) >= 11 is 0. The summed E-state index contributed by atoms with van der Waals surface area (Å²) in [6.45, 7) is -6.87. The van der Waals surface area contributed by atoms with Crippen molar-refractivity contribution in [3.63, 3.8) is 0 Å². The molecule has 0 N–H and O–H groups in total. The van der Waals surface area contributed by atoms with Crippen LogP contribution < -0.4 is 60.9 Å². The van der Waals surface area contributed by atoms with E-state index in [2.05, 4.69) is 9.47 Å². The molecule has 0 heterocycles. The summed E-state index contributed by atoms with van der Waals surface area (Å²) in [5.74, 6) is -1.41. The van der Waals surface area contributed by atoms with Gasteiger partial charge in [-0.3, -0.25) is 0 Å². The molecular formula is C8H6BF6KO2. The molecule has 0 unspecified atom stereocenters. The molecule has 18 heavy (non-hydrogen) atoms. The molecule has 10 heteroatoms. The summed E-state index contributed by atoms with van der Waals surface area (Å²) < 4.78 is 79.1. The Morgan fingerprint density at radius 1 is 1.00 bits per heavy atom. The third kappa shape index (κ3) is 7.52. The van der Waals surface area contributed by atoms with Crippen molar-refractivity contribution in [1.29, 1.82) is 0 Å². The van der Waals surface area contributed by atoms with Crippen molar-refractivity contribution in [3.8, 4) is 11.5 Å². The quantitative estimate of drug-likeness (QED) is 0.590. The Labute approximate surface area is 141 Å². The summed E-state index contributed by atoms with van der Waals surface area (Å²) in [5.41, 5.74) is 0. The van der Waals surface area contributed by atoms with Gasteiger partial charge in [0.25, 0.3) is 0 Å². The molecule has 0 aliphatic carbocycles. The van der Waals surface area contributed by atoms with Crippen molar-refractivity contribution >= 4 is 6.98 Å². The fourth-order valence-corrected chi connectivity index (χ4v) is 0.963. The van der Waals surface area contributed by atoms with E-state index < -0.39 is 31.3 Å². The minimum absolute atomic E-state index is 0. The second-order valence-corrected chi connectivity index (χ2v) is 3.02. The average molecular weight is 298 g/mol. The van der Waals surface area contributed by atoms with E-state index in [4.69, 9.17) is 0 Å². The van der Waals surface area contributed by atoms with Crippen molar-refractivity contribution in [2.24, 2.45) is 0 Å². The molecule has 96 valence electrons. The molecule has 0 radical (unpaired) electrons. The van der Waals surface area contributed by atoms with Crippen LogP contribution in [-0.4, -0.2) is 19.8 Å². The van der Waals surface area contributed by atoms with Crippen molar-refractivity contribution in [2.75, 3.05) is 6.51 Å². The Hall–Kier alpha value is 0.101. The van der Waals surface area contributed by atoms with Crippen LogP contribution in [-0.2, 0) is 0 Å². The zero-order chi connectivity index (χ0) is 13.1. The Balaban J connectivity index is 0.00000289. The molecule has 0 aliphatic rings. The number of halogens is 6. The van der Waals surface area contributed by atoms with Gasteiger partial charge in [0, 0.05) is 0 Å². The summed E-state index contributed by atoms with van der Waals surface area (Å²) in [6, 6.07) is 4.25. The monoisotopic (exact) mass is 298 g/mol. The maximum atomic E-state index is 11.9. The molecule has 0 spiro atoms. The molecule has 0 amide bonds. The molecule has 0 bridgehead atoms. The average Bonchev–Trinajstić information content (AvgIpc) is 2.12. The van der Waals surface area contributed by atoms with Gasteiger partial charge in [0.2, 0.25) is 0 Å². The van der Waals surface area contributed by atoms with Gasteiger partial charge < -0.3 is 22.4 Å². The van der Waals surface area contributed by atoms with Crippen LogP contribution in [0.15, 0.2) is 24.3 Å². The Kier molecular flexibility index (Phi) is 7.08. The first kappa shape index (κ1) is 18.1. The minimum Gasteiger partial charge on any atom is -0.519 e. The van der Waals surface area contributed by atoms with Gasteiger partial charge >= 0.3 is 64.7 Å². The number of rotatable bonds is 4. The van der Waals surface area contributed by atoms with Crippen LogP contribution in [0.1, 0.15) is 0 Å². The van der Waals surface area contributed by atoms with Gasteiger partial charge in [-0.2, -0.15) is 0 Å². The second-order valence-electron chi connectivity index (χ2n) is 3.02. The third-order valence-corrected chi connectivity index (χ3v) is 1.50. The first-order chi connectivity index (χ1) is 7.67. The molecule has 0 atom stereocenters. The molecule has 1 rings (SSSR count). The van der Waals surface area contributed by atoms with Crippen LogP contribution in [0.4, 0.5) is 26.1 Å². The number of alkyl halides is 3. The van der Waals surface area contributed by atoms with E-state index in [-0.39, 0.29) is 51.4 Å². The van der Waals surface area contributed by atoms with E-state index in [1.807, 2.05) is 0 Å². The Bertz CT molecular complexity index is 381. The molecule has 0 fully saturated rings. The molecule has 0 aliphatic heterocycles. The van der Waals surface area contributed by atoms with Gasteiger partial charge in [-0.15, -0.1) is 13.2 Å². The molecule has 2 nitrogen and oxygen atoms in total. The summed E-state index contributed by atoms with van der Waals surface area (Å²) in [4.78, 5) is 0. The zero-order valence-electron chi connectivity index (χ0n) is 9.18. The molecule has 0 saturated carbocycles. The molecular weight excluding hydrogens is 292 g/mol. The van der Waals surface area contributed by atoms with Crippen LogP contribution in [0.5, 0.6) is 11.5 Å². The van der Waals surface area contributed by atoms with Gasteiger partial charge in [-0.05, 0) is 12.1 Å². The third-order valence-electron chi connectivity index (χ3n) is 1.50. The summed E-state index contributed by atoms with van der Waals surface area (Å²) in [7, 11) is 0. The fraction of sp³-hybridized carbons (Fsp3) is 0.250. The number of ether oxygens (including phenoxy) is 2. The second kappa shape index (κ2) is 7.04. The smallest absolute Gasteiger partial charge is 0.519 e. The number of benzene rings is 1. The minimum atomic E-state index is -5.24. The number of hydrogen-bond donors (Lipinski definition) is 0. The Morgan fingerprint density at radius 3 is 1.94 bits per heavy atom. The molecule has 1 aromatic rings. The van der Waals surface area contributed by atoms with Crippen molar-refractivity contribution < 1.29 is 87.0 Å². The number of para-hydroxylation sites is 2. The molecule has 1 aromatic carbocycles. The van der Waals surface area contributed by atoms with E-state index in [0.717, 1.165) is 12.1 Å². The number of hydrogen-bond acceptors (Lipinski definition) is 2. The maximum absolute atomic E-state index is 11.9. The van der Waals surface area contributed by atoms with Gasteiger partial charge in [-0.1, -0.05) is 12.1 Å². The molecule has 0 aromatic heterocycles. The van der Waals surface area contributed by atoms with Gasteiger partial charge in [0.15, 0.2) is 11.5 Å². The van der Waals surface area contributed by atoms with Crippen LogP contribution in [0.2, 0.25) is 0 Å². The van der Waals surface area contributed by atoms with Gasteiger partial charge in [0.1, 0.15) is 0 Å². The van der Waals surface area contributed by atoms with Crippen LogP contribution in [0.3, 0.4) is 0 Å². The van der Waals surface area contributed by atoms with E-state index in [9.17, 15) is 26.1 Å². The first-order valence-corrected chi connectivity index (χ1v) is 4.36. The standard InChI is InChI=1S/C8H6BF6O2.K/c10-8(11,12)17-7-4-2-1-3-6(7)16-5-9(13,14)15;/h1-4H,5H2;/q-1;+1.